The summed E-state index contributed by atoms with van der Waals surface area (Å²) in [5.74, 6) is 1.37. The predicted octanol–water partition coefficient (Wildman–Crippen LogP) is 1.59. The lowest BCUT2D eigenvalue weighted by atomic mass is 9.82. The lowest BCUT2D eigenvalue weighted by molar-refractivity contribution is -0.129. The second kappa shape index (κ2) is 2.49. The Balaban J connectivity index is 2.17. The van der Waals surface area contributed by atoms with Crippen molar-refractivity contribution in [2.75, 3.05) is 5.88 Å². The molecule has 0 spiro atoms. The quantitative estimate of drug-likeness (QED) is 0.522. The van der Waals surface area contributed by atoms with Crippen LogP contribution >= 0.6 is 11.6 Å². The first kappa shape index (κ1) is 6.09. The fourth-order valence-electron chi connectivity index (χ4n) is 0.903. The molecule has 2 heteroatoms. The molecule has 1 fully saturated rings. The van der Waals surface area contributed by atoms with E-state index in [9.17, 15) is 4.79 Å². The van der Waals surface area contributed by atoms with Crippen LogP contribution in [0.2, 0.25) is 0 Å². The average molecular weight is 133 g/mol. The zero-order chi connectivity index (χ0) is 5.98. The van der Waals surface area contributed by atoms with E-state index < -0.39 is 0 Å². The third-order valence-electron chi connectivity index (χ3n) is 1.65. The van der Waals surface area contributed by atoms with Gasteiger partial charge in [-0.1, -0.05) is 0 Å². The molecule has 0 amide bonds. The molecule has 1 rings (SSSR count). The van der Waals surface area contributed by atoms with Crippen molar-refractivity contribution in [3.05, 3.63) is 0 Å². The zero-order valence-corrected chi connectivity index (χ0v) is 5.45. The van der Waals surface area contributed by atoms with Gasteiger partial charge in [-0.25, -0.2) is 0 Å². The molecule has 0 aromatic rings. The molecule has 0 heterocycles. The number of hydrogen-bond acceptors (Lipinski definition) is 1. The highest BCUT2D eigenvalue weighted by atomic mass is 35.5. The van der Waals surface area contributed by atoms with Crippen LogP contribution in [0.15, 0.2) is 0 Å². The summed E-state index contributed by atoms with van der Waals surface area (Å²) in [4.78, 5) is 10.6. The smallest absolute Gasteiger partial charge is 0.136 e. The highest BCUT2D eigenvalue weighted by Crippen LogP contribution is 2.25. The van der Waals surface area contributed by atoms with Crippen molar-refractivity contribution in [1.29, 1.82) is 0 Å². The van der Waals surface area contributed by atoms with Gasteiger partial charge >= 0.3 is 0 Å². The number of rotatable bonds is 2. The molecule has 1 unspecified atom stereocenters. The second-order valence-corrected chi connectivity index (χ2v) is 2.56. The molecular weight excluding hydrogens is 124 g/mol. The Hall–Kier alpha value is -0.0400. The van der Waals surface area contributed by atoms with E-state index in [2.05, 4.69) is 0 Å². The maximum absolute atomic E-state index is 10.6. The van der Waals surface area contributed by atoms with Gasteiger partial charge in [-0.3, -0.25) is 4.79 Å². The summed E-state index contributed by atoms with van der Waals surface area (Å²) in [6.45, 7) is 0. The Morgan fingerprint density at radius 3 is 2.62 bits per heavy atom. The van der Waals surface area contributed by atoms with E-state index in [4.69, 9.17) is 11.6 Å². The van der Waals surface area contributed by atoms with Gasteiger partial charge in [0.25, 0.3) is 0 Å². The molecule has 0 saturated heterocycles. The molecule has 0 aromatic carbocycles. The fourth-order valence-corrected chi connectivity index (χ4v) is 1.17. The molecule has 1 atom stereocenters. The SMILES string of the molecule is O=C1CCC1CCCl. The summed E-state index contributed by atoms with van der Waals surface area (Å²) in [5, 5.41) is 0. The number of carbonyl (C=O) groups is 1. The molecule has 1 nitrogen and oxygen atoms in total. The monoisotopic (exact) mass is 132 g/mol. The molecular formula is C6H9ClO. The number of ketones is 1. The molecule has 0 aliphatic heterocycles. The molecule has 0 bridgehead atoms. The lowest BCUT2D eigenvalue weighted by Gasteiger charge is -2.22. The Labute approximate surface area is 54.0 Å². The summed E-state index contributed by atoms with van der Waals surface area (Å²) in [5.41, 5.74) is 0. The Morgan fingerprint density at radius 2 is 2.50 bits per heavy atom. The van der Waals surface area contributed by atoms with Gasteiger partial charge in [0.05, 0.1) is 0 Å². The van der Waals surface area contributed by atoms with E-state index in [0.29, 0.717) is 17.6 Å². The number of alkyl halides is 1. The molecule has 0 radical (unpaired) electrons. The highest BCUT2D eigenvalue weighted by Gasteiger charge is 2.26. The van der Waals surface area contributed by atoms with Crippen LogP contribution in [-0.2, 0) is 4.79 Å². The Bertz CT molecular complexity index is 101. The van der Waals surface area contributed by atoms with Gasteiger partial charge in [0, 0.05) is 18.2 Å². The van der Waals surface area contributed by atoms with Gasteiger partial charge in [0.15, 0.2) is 0 Å². The van der Waals surface area contributed by atoms with Crippen molar-refractivity contribution < 1.29 is 4.79 Å². The van der Waals surface area contributed by atoms with Crippen LogP contribution in [0.4, 0.5) is 0 Å². The molecule has 1 aliphatic carbocycles. The van der Waals surface area contributed by atoms with Crippen molar-refractivity contribution in [2.24, 2.45) is 5.92 Å². The highest BCUT2D eigenvalue weighted by molar-refractivity contribution is 6.18. The minimum Gasteiger partial charge on any atom is -0.299 e. The molecule has 1 aliphatic rings. The normalized spacial score (nSPS) is 27.6. The fraction of sp³-hybridized carbons (Fsp3) is 0.833. The predicted molar refractivity (Wildman–Crippen MR) is 33.1 cm³/mol. The summed E-state index contributed by atoms with van der Waals surface area (Å²) in [7, 11) is 0. The Morgan fingerprint density at radius 1 is 1.75 bits per heavy atom. The van der Waals surface area contributed by atoms with E-state index in [1.807, 2.05) is 0 Å². The van der Waals surface area contributed by atoms with Gasteiger partial charge in [-0.05, 0) is 12.8 Å². The summed E-state index contributed by atoms with van der Waals surface area (Å²) >= 11 is 5.42. The topological polar surface area (TPSA) is 17.1 Å². The van der Waals surface area contributed by atoms with Gasteiger partial charge in [0.1, 0.15) is 5.78 Å². The average Bonchev–Trinajstić information content (AvgIpc) is 1.79. The maximum Gasteiger partial charge on any atom is 0.136 e. The van der Waals surface area contributed by atoms with Crippen LogP contribution in [0.1, 0.15) is 19.3 Å². The molecule has 8 heavy (non-hydrogen) atoms. The van der Waals surface area contributed by atoms with Crippen molar-refractivity contribution in [3.8, 4) is 0 Å². The van der Waals surface area contributed by atoms with Crippen molar-refractivity contribution in [1.82, 2.24) is 0 Å². The van der Waals surface area contributed by atoms with Crippen molar-refractivity contribution >= 4 is 17.4 Å². The van der Waals surface area contributed by atoms with Crippen LogP contribution in [0.25, 0.3) is 0 Å². The van der Waals surface area contributed by atoms with E-state index in [-0.39, 0.29) is 0 Å². The third kappa shape index (κ3) is 1.03. The molecule has 0 N–H and O–H groups in total. The number of hydrogen-bond donors (Lipinski definition) is 0. The summed E-state index contributed by atoms with van der Waals surface area (Å²) in [6, 6.07) is 0. The summed E-state index contributed by atoms with van der Waals surface area (Å²) in [6.07, 6.45) is 2.76. The van der Waals surface area contributed by atoms with Crippen LogP contribution < -0.4 is 0 Å². The van der Waals surface area contributed by atoms with Gasteiger partial charge in [-0.15, -0.1) is 11.6 Å². The van der Waals surface area contributed by atoms with Crippen molar-refractivity contribution in [2.45, 2.75) is 19.3 Å². The van der Waals surface area contributed by atoms with Gasteiger partial charge < -0.3 is 0 Å². The molecule has 1 saturated carbocycles. The molecule has 0 aromatic heterocycles. The molecule has 46 valence electrons. The second-order valence-electron chi connectivity index (χ2n) is 2.18. The Kier molecular flexibility index (Phi) is 1.90. The van der Waals surface area contributed by atoms with Crippen LogP contribution in [-0.4, -0.2) is 11.7 Å². The first-order valence-electron chi connectivity index (χ1n) is 2.93. The van der Waals surface area contributed by atoms with E-state index >= 15 is 0 Å². The maximum atomic E-state index is 10.6. The minimum atomic E-state index is 0.326. The number of carbonyl (C=O) groups excluding carboxylic acids is 1. The third-order valence-corrected chi connectivity index (χ3v) is 1.87. The zero-order valence-electron chi connectivity index (χ0n) is 4.69. The first-order valence-corrected chi connectivity index (χ1v) is 3.46. The van der Waals surface area contributed by atoms with Crippen LogP contribution in [0.3, 0.4) is 0 Å². The van der Waals surface area contributed by atoms with Gasteiger partial charge in [-0.2, -0.15) is 0 Å². The van der Waals surface area contributed by atoms with Gasteiger partial charge in [0.2, 0.25) is 0 Å². The largest absolute Gasteiger partial charge is 0.299 e. The van der Waals surface area contributed by atoms with Crippen molar-refractivity contribution in [3.63, 3.8) is 0 Å². The van der Waals surface area contributed by atoms with E-state index in [1.54, 1.807) is 0 Å². The van der Waals surface area contributed by atoms with E-state index in [0.717, 1.165) is 19.3 Å². The van der Waals surface area contributed by atoms with Crippen LogP contribution in [0, 0.1) is 5.92 Å². The number of halogens is 1. The minimum absolute atomic E-state index is 0.326. The van der Waals surface area contributed by atoms with Crippen LogP contribution in [0.5, 0.6) is 0 Å². The first-order chi connectivity index (χ1) is 3.84. The lowest BCUT2D eigenvalue weighted by Crippen LogP contribution is -2.25. The van der Waals surface area contributed by atoms with E-state index in [1.165, 1.54) is 0 Å². The number of Topliss-reactive ketones (excluding diaryl/α,β-unsaturated/α-hetero) is 1. The standard InChI is InChI=1S/C6H9ClO/c7-4-3-5-1-2-6(5)8/h5H,1-4H2. The summed E-state index contributed by atoms with van der Waals surface area (Å²) < 4.78 is 0.